The number of hydrogen-bond acceptors (Lipinski definition) is 7. The summed E-state index contributed by atoms with van der Waals surface area (Å²) in [5, 5.41) is 16.9. The lowest BCUT2D eigenvalue weighted by atomic mass is 9.81. The van der Waals surface area contributed by atoms with Crippen molar-refractivity contribution in [3.8, 4) is 22.7 Å². The van der Waals surface area contributed by atoms with Crippen LogP contribution in [0.4, 0.5) is 0 Å². The molecule has 9 heteroatoms. The minimum absolute atomic E-state index is 0.0914. The number of aromatic nitrogens is 2. The first kappa shape index (κ1) is 31.9. The summed E-state index contributed by atoms with van der Waals surface area (Å²) in [6.45, 7) is 2.24. The molecule has 1 heterocycles. The first-order valence-corrected chi connectivity index (χ1v) is 17.0. The quantitative estimate of drug-likeness (QED) is 0.137. The van der Waals surface area contributed by atoms with Crippen molar-refractivity contribution in [2.24, 2.45) is 0 Å². The van der Waals surface area contributed by atoms with E-state index in [4.69, 9.17) is 23.4 Å². The number of aliphatic hydroxyl groups is 1. The van der Waals surface area contributed by atoms with E-state index >= 15 is 0 Å². The lowest BCUT2D eigenvalue weighted by Gasteiger charge is -2.35. The van der Waals surface area contributed by atoms with Crippen LogP contribution in [0.2, 0.25) is 0 Å². The minimum atomic E-state index is -3.94. The van der Waals surface area contributed by atoms with Crippen LogP contribution in [0.3, 0.4) is 0 Å². The van der Waals surface area contributed by atoms with Crippen molar-refractivity contribution < 1.29 is 28.0 Å². The molecule has 238 valence electrons. The summed E-state index contributed by atoms with van der Waals surface area (Å²) in [5.74, 6) is 0.753. The second kappa shape index (κ2) is 14.2. The summed E-state index contributed by atoms with van der Waals surface area (Å²) in [5.41, 5.74) is 5.02. The Morgan fingerprint density at radius 2 is 1.39 bits per heavy atom. The number of phosphoric acid groups is 1. The van der Waals surface area contributed by atoms with Crippen molar-refractivity contribution in [1.82, 2.24) is 9.78 Å². The molecule has 1 aliphatic carbocycles. The van der Waals surface area contributed by atoms with Crippen molar-refractivity contribution in [2.45, 2.75) is 57.5 Å². The Hall–Kier alpha value is -4.04. The summed E-state index contributed by atoms with van der Waals surface area (Å²) < 4.78 is 39.0. The molecule has 0 amide bonds. The van der Waals surface area contributed by atoms with Gasteiger partial charge in [0.05, 0.1) is 43.5 Å². The zero-order valence-electron chi connectivity index (χ0n) is 26.1. The fourth-order valence-corrected chi connectivity index (χ4v) is 7.01. The third-order valence-electron chi connectivity index (χ3n) is 8.35. The summed E-state index contributed by atoms with van der Waals surface area (Å²) in [7, 11) is -2.30. The molecule has 0 bridgehead atoms. The van der Waals surface area contributed by atoms with E-state index in [1.807, 2.05) is 95.7 Å². The molecule has 5 aromatic rings. The summed E-state index contributed by atoms with van der Waals surface area (Å²) >= 11 is 0. The van der Waals surface area contributed by atoms with Gasteiger partial charge in [0.1, 0.15) is 11.4 Å². The van der Waals surface area contributed by atoms with Gasteiger partial charge < -0.3 is 9.84 Å². The van der Waals surface area contributed by atoms with Gasteiger partial charge in [-0.05, 0) is 74.1 Å². The SMILES string of the molecule is COc1ccc(-n2nc([C@]3(O)CC[C@H](OP(=O)(OCc4ccccc4)OCc4ccccc4)CC3)cc2-c2ccc(C)cc2)cc1. The van der Waals surface area contributed by atoms with Crippen LogP contribution in [0.25, 0.3) is 16.9 Å². The maximum Gasteiger partial charge on any atom is 0.475 e. The minimum Gasteiger partial charge on any atom is -0.497 e. The number of phosphoric ester groups is 1. The molecule has 1 fully saturated rings. The van der Waals surface area contributed by atoms with Crippen LogP contribution >= 0.6 is 7.82 Å². The molecule has 0 saturated heterocycles. The molecule has 6 rings (SSSR count). The number of methoxy groups -OCH3 is 1. The summed E-state index contributed by atoms with van der Waals surface area (Å²) in [4.78, 5) is 0. The monoisotopic (exact) mass is 638 g/mol. The smallest absolute Gasteiger partial charge is 0.475 e. The van der Waals surface area contributed by atoms with Crippen molar-refractivity contribution in [3.63, 3.8) is 0 Å². The highest BCUT2D eigenvalue weighted by atomic mass is 31.2. The van der Waals surface area contributed by atoms with E-state index in [0.717, 1.165) is 39.4 Å². The molecule has 1 N–H and O–H groups in total. The zero-order chi connectivity index (χ0) is 32.0. The third kappa shape index (κ3) is 7.66. The number of rotatable bonds is 12. The van der Waals surface area contributed by atoms with E-state index in [1.54, 1.807) is 7.11 Å². The number of nitrogens with zero attached hydrogens (tertiary/aromatic N) is 2. The van der Waals surface area contributed by atoms with Crippen molar-refractivity contribution >= 4 is 7.82 Å². The molecular formula is C37H39N2O6P. The van der Waals surface area contributed by atoms with E-state index in [1.165, 1.54) is 0 Å². The van der Waals surface area contributed by atoms with Gasteiger partial charge in [-0.25, -0.2) is 9.25 Å². The molecule has 0 atom stereocenters. The van der Waals surface area contributed by atoms with Crippen molar-refractivity contribution in [3.05, 3.63) is 138 Å². The Morgan fingerprint density at radius 3 is 1.93 bits per heavy atom. The highest BCUT2D eigenvalue weighted by Crippen LogP contribution is 2.54. The molecule has 0 radical (unpaired) electrons. The fourth-order valence-electron chi connectivity index (χ4n) is 5.63. The number of hydrogen-bond donors (Lipinski definition) is 1. The van der Waals surface area contributed by atoms with Crippen LogP contribution in [0.5, 0.6) is 5.75 Å². The van der Waals surface area contributed by atoms with E-state index in [-0.39, 0.29) is 13.2 Å². The first-order valence-electron chi connectivity index (χ1n) is 15.5. The van der Waals surface area contributed by atoms with Crippen molar-refractivity contribution in [2.75, 3.05) is 7.11 Å². The van der Waals surface area contributed by atoms with Gasteiger partial charge in [0.2, 0.25) is 0 Å². The van der Waals surface area contributed by atoms with E-state index in [9.17, 15) is 9.67 Å². The number of ether oxygens (including phenoxy) is 1. The zero-order valence-corrected chi connectivity index (χ0v) is 27.0. The summed E-state index contributed by atoms with van der Waals surface area (Å²) in [6.07, 6.45) is 1.25. The first-order chi connectivity index (χ1) is 22.3. The van der Waals surface area contributed by atoms with Crippen LogP contribution in [0.1, 0.15) is 48.1 Å². The number of aryl methyl sites for hydroxylation is 1. The van der Waals surface area contributed by atoms with Crippen LogP contribution < -0.4 is 4.74 Å². The normalized spacial score (nSPS) is 18.4. The van der Waals surface area contributed by atoms with Crippen LogP contribution in [-0.4, -0.2) is 28.1 Å². The van der Waals surface area contributed by atoms with Gasteiger partial charge in [-0.15, -0.1) is 0 Å². The average molecular weight is 639 g/mol. The fraction of sp³-hybridized carbons (Fsp3) is 0.270. The molecule has 0 aliphatic heterocycles. The highest BCUT2D eigenvalue weighted by Gasteiger charge is 2.41. The highest BCUT2D eigenvalue weighted by molar-refractivity contribution is 7.48. The molecule has 1 aromatic heterocycles. The maximum atomic E-state index is 13.9. The third-order valence-corrected chi connectivity index (χ3v) is 9.80. The van der Waals surface area contributed by atoms with Crippen LogP contribution in [0.15, 0.2) is 115 Å². The molecule has 0 spiro atoms. The Morgan fingerprint density at radius 1 is 0.826 bits per heavy atom. The van der Waals surface area contributed by atoms with Gasteiger partial charge in [0.25, 0.3) is 0 Å². The van der Waals surface area contributed by atoms with Gasteiger partial charge in [0.15, 0.2) is 0 Å². The van der Waals surface area contributed by atoms with E-state index in [0.29, 0.717) is 31.4 Å². The van der Waals surface area contributed by atoms with Gasteiger partial charge >= 0.3 is 7.82 Å². The molecular weight excluding hydrogens is 599 g/mol. The lowest BCUT2D eigenvalue weighted by Crippen LogP contribution is -2.34. The topological polar surface area (TPSA) is 92.0 Å². The van der Waals surface area contributed by atoms with Gasteiger partial charge in [-0.2, -0.15) is 5.10 Å². The molecule has 46 heavy (non-hydrogen) atoms. The standard InChI is InChI=1S/C37H39N2O6P/c1-28-13-15-31(16-14-28)35-25-36(38-39(35)32-17-19-33(42-2)20-18-32)37(40)23-21-34(22-24-37)45-46(41,43-26-29-9-5-3-6-10-29)44-27-30-11-7-4-8-12-30/h3-20,25,34,40H,21-24,26-27H2,1-2H3/t34-,37-. The average Bonchev–Trinajstić information content (AvgIpc) is 3.56. The van der Waals surface area contributed by atoms with Gasteiger partial charge in [-0.1, -0.05) is 90.5 Å². The second-order valence-corrected chi connectivity index (χ2v) is 13.3. The predicted molar refractivity (Wildman–Crippen MR) is 178 cm³/mol. The van der Waals surface area contributed by atoms with Gasteiger partial charge in [0, 0.05) is 5.56 Å². The molecule has 1 saturated carbocycles. The van der Waals surface area contributed by atoms with E-state index in [2.05, 4.69) is 31.2 Å². The molecule has 4 aromatic carbocycles. The van der Waals surface area contributed by atoms with E-state index < -0.39 is 19.5 Å². The molecule has 8 nitrogen and oxygen atoms in total. The molecule has 0 unspecified atom stereocenters. The lowest BCUT2D eigenvalue weighted by molar-refractivity contribution is -0.0433. The molecule has 1 aliphatic rings. The second-order valence-electron chi connectivity index (χ2n) is 11.7. The Balaban J connectivity index is 1.19. The van der Waals surface area contributed by atoms with Crippen LogP contribution in [0, 0.1) is 6.92 Å². The Labute approximate surface area is 270 Å². The van der Waals surface area contributed by atoms with Crippen LogP contribution in [-0.2, 0) is 37.0 Å². The maximum absolute atomic E-state index is 13.9. The Bertz CT molecular complexity index is 1700. The number of benzene rings is 4. The predicted octanol–water partition coefficient (Wildman–Crippen LogP) is 8.54. The largest absolute Gasteiger partial charge is 0.497 e. The van der Waals surface area contributed by atoms with Crippen molar-refractivity contribution in [1.29, 1.82) is 0 Å². The van der Waals surface area contributed by atoms with Gasteiger partial charge in [-0.3, -0.25) is 13.6 Å². The summed E-state index contributed by atoms with van der Waals surface area (Å²) in [6, 6.07) is 36.9. The Kier molecular flexibility index (Phi) is 9.83.